The number of thiophene rings is 1. The van der Waals surface area contributed by atoms with E-state index < -0.39 is 0 Å². The van der Waals surface area contributed by atoms with Crippen LogP contribution < -0.4 is 5.56 Å². The predicted octanol–water partition coefficient (Wildman–Crippen LogP) is 3.49. The first kappa shape index (κ1) is 16.0. The molecule has 22 heavy (non-hydrogen) atoms. The van der Waals surface area contributed by atoms with Crippen LogP contribution in [0.25, 0.3) is 10.2 Å². The number of aromatic nitrogens is 2. The zero-order chi connectivity index (χ0) is 15.5. The fourth-order valence-corrected chi connectivity index (χ4v) is 5.10. The lowest BCUT2D eigenvalue weighted by molar-refractivity contribution is 0.164. The van der Waals surface area contributed by atoms with Crippen LogP contribution in [0, 0.1) is 0 Å². The number of nitrogens with zero attached hydrogens (tertiary/aromatic N) is 2. The van der Waals surface area contributed by atoms with Crippen LogP contribution in [-0.4, -0.2) is 28.5 Å². The van der Waals surface area contributed by atoms with E-state index in [-0.39, 0.29) is 5.56 Å². The highest BCUT2D eigenvalue weighted by molar-refractivity contribution is 7.99. The summed E-state index contributed by atoms with van der Waals surface area (Å²) in [6, 6.07) is 0. The topological polar surface area (TPSA) is 44.1 Å². The summed E-state index contributed by atoms with van der Waals surface area (Å²) in [5.41, 5.74) is 1.43. The first-order valence-corrected chi connectivity index (χ1v) is 9.82. The van der Waals surface area contributed by atoms with E-state index in [0.717, 1.165) is 53.5 Å². The zero-order valence-electron chi connectivity index (χ0n) is 13.2. The maximum Gasteiger partial charge on any atom is 0.263 e. The second-order valence-corrected chi connectivity index (χ2v) is 7.58. The molecular formula is C16H22N2O2S2. The van der Waals surface area contributed by atoms with Crippen LogP contribution in [0.4, 0.5) is 0 Å². The van der Waals surface area contributed by atoms with Crippen molar-refractivity contribution in [1.29, 1.82) is 0 Å². The van der Waals surface area contributed by atoms with Gasteiger partial charge in [0.25, 0.3) is 5.56 Å². The van der Waals surface area contributed by atoms with Crippen LogP contribution in [0.1, 0.15) is 37.1 Å². The highest BCUT2D eigenvalue weighted by Gasteiger charge is 2.23. The molecule has 0 unspecified atom stereocenters. The van der Waals surface area contributed by atoms with Gasteiger partial charge in [0.05, 0.1) is 12.0 Å². The van der Waals surface area contributed by atoms with Gasteiger partial charge < -0.3 is 4.74 Å². The Labute approximate surface area is 138 Å². The first-order chi connectivity index (χ1) is 10.8. The highest BCUT2D eigenvalue weighted by Crippen LogP contribution is 2.35. The maximum absolute atomic E-state index is 12.9. The summed E-state index contributed by atoms with van der Waals surface area (Å²) < 4.78 is 7.25. The Kier molecular flexibility index (Phi) is 5.21. The monoisotopic (exact) mass is 338 g/mol. The standard InChI is InChI=1S/C16H22N2O2S2/c1-3-8-18-15(19)13-11-6-5-7-12(11)22-14(13)17-16(18)21-10-9-20-4-2/h3-10H2,1-2H3. The number of thioether (sulfide) groups is 1. The van der Waals surface area contributed by atoms with E-state index in [1.807, 2.05) is 11.5 Å². The van der Waals surface area contributed by atoms with E-state index in [0.29, 0.717) is 6.61 Å². The lowest BCUT2D eigenvalue weighted by Crippen LogP contribution is -2.23. The molecule has 1 aliphatic carbocycles. The van der Waals surface area contributed by atoms with Gasteiger partial charge in [0.15, 0.2) is 5.16 Å². The number of fused-ring (bicyclic) bond motifs is 3. The van der Waals surface area contributed by atoms with Crippen molar-refractivity contribution >= 4 is 33.3 Å². The molecule has 0 aromatic carbocycles. The molecule has 2 aromatic rings. The van der Waals surface area contributed by atoms with Gasteiger partial charge >= 0.3 is 0 Å². The van der Waals surface area contributed by atoms with Crippen LogP contribution in [0.3, 0.4) is 0 Å². The van der Waals surface area contributed by atoms with Crippen molar-refractivity contribution in [3.05, 3.63) is 20.8 Å². The summed E-state index contributed by atoms with van der Waals surface area (Å²) in [5, 5.41) is 1.74. The molecule has 3 rings (SSSR count). The second kappa shape index (κ2) is 7.15. The van der Waals surface area contributed by atoms with Crippen molar-refractivity contribution in [3.63, 3.8) is 0 Å². The van der Waals surface area contributed by atoms with E-state index in [1.54, 1.807) is 23.1 Å². The molecule has 0 N–H and O–H groups in total. The maximum atomic E-state index is 12.9. The van der Waals surface area contributed by atoms with Gasteiger partial charge in [-0.3, -0.25) is 9.36 Å². The molecule has 0 saturated carbocycles. The smallest absolute Gasteiger partial charge is 0.263 e. The van der Waals surface area contributed by atoms with E-state index in [4.69, 9.17) is 9.72 Å². The Hall–Kier alpha value is -0.850. The molecule has 2 aromatic heterocycles. The molecule has 0 atom stereocenters. The Morgan fingerprint density at radius 2 is 2.23 bits per heavy atom. The second-order valence-electron chi connectivity index (χ2n) is 5.43. The number of aryl methyl sites for hydroxylation is 2. The summed E-state index contributed by atoms with van der Waals surface area (Å²) >= 11 is 3.35. The number of rotatable bonds is 7. The Balaban J connectivity index is 2.00. The SMILES string of the molecule is CCCn1c(SCCOCC)nc2sc3c(c2c1=O)CCC3. The normalized spacial score (nSPS) is 13.9. The predicted molar refractivity (Wildman–Crippen MR) is 93.4 cm³/mol. The molecular weight excluding hydrogens is 316 g/mol. The van der Waals surface area contributed by atoms with E-state index in [1.165, 1.54) is 16.9 Å². The fourth-order valence-electron chi connectivity index (χ4n) is 2.93. The van der Waals surface area contributed by atoms with E-state index >= 15 is 0 Å². The molecule has 0 aliphatic heterocycles. The molecule has 0 radical (unpaired) electrons. The quantitative estimate of drug-likeness (QED) is 0.440. The van der Waals surface area contributed by atoms with Gasteiger partial charge in [-0.25, -0.2) is 4.98 Å². The van der Waals surface area contributed by atoms with Crippen LogP contribution in [0.15, 0.2) is 9.95 Å². The number of hydrogen-bond acceptors (Lipinski definition) is 5. The van der Waals surface area contributed by atoms with Gasteiger partial charge in [-0.15, -0.1) is 11.3 Å². The Morgan fingerprint density at radius 1 is 1.36 bits per heavy atom. The average molecular weight is 338 g/mol. The molecule has 0 saturated heterocycles. The minimum absolute atomic E-state index is 0.158. The molecule has 2 heterocycles. The molecule has 1 aliphatic rings. The molecule has 0 spiro atoms. The highest BCUT2D eigenvalue weighted by atomic mass is 32.2. The lowest BCUT2D eigenvalue weighted by atomic mass is 10.2. The zero-order valence-corrected chi connectivity index (χ0v) is 14.8. The summed E-state index contributed by atoms with van der Waals surface area (Å²) in [4.78, 5) is 20.0. The first-order valence-electron chi connectivity index (χ1n) is 8.01. The van der Waals surface area contributed by atoms with Gasteiger partial charge in [0.2, 0.25) is 0 Å². The Morgan fingerprint density at radius 3 is 3.00 bits per heavy atom. The molecule has 0 bridgehead atoms. The largest absolute Gasteiger partial charge is 0.381 e. The van der Waals surface area contributed by atoms with Crippen molar-refractivity contribution < 1.29 is 4.74 Å². The summed E-state index contributed by atoms with van der Waals surface area (Å²) in [7, 11) is 0. The fraction of sp³-hybridized carbons (Fsp3) is 0.625. The minimum Gasteiger partial charge on any atom is -0.381 e. The molecule has 0 amide bonds. The molecule has 0 fully saturated rings. The molecule has 120 valence electrons. The minimum atomic E-state index is 0.158. The van der Waals surface area contributed by atoms with Crippen molar-refractivity contribution in [2.75, 3.05) is 19.0 Å². The van der Waals surface area contributed by atoms with Gasteiger partial charge in [0, 0.05) is 23.8 Å². The van der Waals surface area contributed by atoms with Crippen molar-refractivity contribution in [2.24, 2.45) is 0 Å². The Bertz CT molecular complexity index is 721. The molecule has 6 heteroatoms. The average Bonchev–Trinajstić information content (AvgIpc) is 3.07. The van der Waals surface area contributed by atoms with Crippen molar-refractivity contribution in [2.45, 2.75) is 51.2 Å². The van der Waals surface area contributed by atoms with Crippen molar-refractivity contribution in [3.8, 4) is 0 Å². The summed E-state index contributed by atoms with van der Waals surface area (Å²) in [6.07, 6.45) is 4.26. The van der Waals surface area contributed by atoms with Gasteiger partial charge in [-0.1, -0.05) is 18.7 Å². The van der Waals surface area contributed by atoms with Gasteiger partial charge in [-0.2, -0.15) is 0 Å². The third-order valence-corrected chi connectivity index (χ3v) is 6.03. The summed E-state index contributed by atoms with van der Waals surface area (Å²) in [6.45, 7) is 6.26. The lowest BCUT2D eigenvalue weighted by Gasteiger charge is -2.11. The summed E-state index contributed by atoms with van der Waals surface area (Å²) in [5.74, 6) is 0.834. The third kappa shape index (κ3) is 2.96. The van der Waals surface area contributed by atoms with Gasteiger partial charge in [-0.05, 0) is 38.2 Å². The third-order valence-electron chi connectivity index (χ3n) is 3.90. The molecule has 4 nitrogen and oxygen atoms in total. The van der Waals surface area contributed by atoms with Crippen LogP contribution >= 0.6 is 23.1 Å². The van der Waals surface area contributed by atoms with Crippen LogP contribution in [-0.2, 0) is 24.1 Å². The van der Waals surface area contributed by atoms with Crippen LogP contribution in [0.5, 0.6) is 0 Å². The number of hydrogen-bond donors (Lipinski definition) is 0. The van der Waals surface area contributed by atoms with Crippen LogP contribution in [0.2, 0.25) is 0 Å². The van der Waals surface area contributed by atoms with E-state index in [2.05, 4.69) is 6.92 Å². The van der Waals surface area contributed by atoms with Gasteiger partial charge in [0.1, 0.15) is 4.83 Å². The van der Waals surface area contributed by atoms with Crippen molar-refractivity contribution in [1.82, 2.24) is 9.55 Å². The van der Waals surface area contributed by atoms with E-state index in [9.17, 15) is 4.79 Å². The number of ether oxygens (including phenoxy) is 1.